The number of nitrogens with zero attached hydrogens (tertiary/aromatic N) is 2. The van der Waals surface area contributed by atoms with Crippen molar-refractivity contribution in [1.82, 2.24) is 9.78 Å². The number of hydrogen-bond acceptors (Lipinski definition) is 3. The van der Waals surface area contributed by atoms with Crippen molar-refractivity contribution < 1.29 is 22.4 Å². The summed E-state index contributed by atoms with van der Waals surface area (Å²) in [5, 5.41) is 2.84. The largest absolute Gasteiger partial charge is 0.456 e. The van der Waals surface area contributed by atoms with Crippen LogP contribution in [0.3, 0.4) is 0 Å². The molecule has 0 radical (unpaired) electrons. The maximum Gasteiger partial charge on any atom is 0.436 e. The first-order valence-corrected chi connectivity index (χ1v) is 5.12. The number of hydrogen-bond donors (Lipinski definition) is 0. The van der Waals surface area contributed by atoms with E-state index in [1.807, 2.05) is 0 Å². The minimum Gasteiger partial charge on any atom is -0.456 e. The molecule has 0 aliphatic rings. The number of furan rings is 1. The van der Waals surface area contributed by atoms with Gasteiger partial charge in [0.05, 0.1) is 11.6 Å². The molecule has 0 saturated heterocycles. The number of carbonyl (C=O) groups excluding carboxylic acids is 1. The van der Waals surface area contributed by atoms with E-state index >= 15 is 0 Å². The fourth-order valence-electron chi connectivity index (χ4n) is 1.37. The first-order chi connectivity index (χ1) is 8.40. The Morgan fingerprint density at radius 3 is 2.67 bits per heavy atom. The number of aldehydes is 1. The van der Waals surface area contributed by atoms with Gasteiger partial charge in [-0.1, -0.05) is 11.6 Å². The Kier molecular flexibility index (Phi) is 3.16. The number of alkyl halides is 3. The van der Waals surface area contributed by atoms with E-state index in [0.717, 1.165) is 10.9 Å². The van der Waals surface area contributed by atoms with E-state index in [1.54, 1.807) is 0 Å². The maximum absolute atomic E-state index is 12.4. The SMILES string of the molecule is O=Cc1ccc(Cn2cc(Cl)c(C(F)(F)F)n2)o1. The third-order valence-electron chi connectivity index (χ3n) is 2.10. The molecule has 96 valence electrons. The molecular weight excluding hydrogens is 273 g/mol. The van der Waals surface area contributed by atoms with Gasteiger partial charge in [-0.2, -0.15) is 18.3 Å². The van der Waals surface area contributed by atoms with Gasteiger partial charge in [0.2, 0.25) is 0 Å². The van der Waals surface area contributed by atoms with Gasteiger partial charge >= 0.3 is 6.18 Å². The van der Waals surface area contributed by atoms with Crippen molar-refractivity contribution in [3.05, 3.63) is 40.6 Å². The highest BCUT2D eigenvalue weighted by atomic mass is 35.5. The highest BCUT2D eigenvalue weighted by Gasteiger charge is 2.36. The first kappa shape index (κ1) is 12.7. The third kappa shape index (κ3) is 2.56. The monoisotopic (exact) mass is 278 g/mol. The van der Waals surface area contributed by atoms with Crippen molar-refractivity contribution in [3.63, 3.8) is 0 Å². The van der Waals surface area contributed by atoms with Gasteiger partial charge < -0.3 is 4.42 Å². The highest BCUT2D eigenvalue weighted by Crippen LogP contribution is 2.33. The minimum atomic E-state index is -4.60. The van der Waals surface area contributed by atoms with Gasteiger partial charge in [0.25, 0.3) is 0 Å². The molecular formula is C10H6ClF3N2O2. The summed E-state index contributed by atoms with van der Waals surface area (Å²) in [4.78, 5) is 10.4. The van der Waals surface area contributed by atoms with Crippen LogP contribution in [0.5, 0.6) is 0 Å². The van der Waals surface area contributed by atoms with Crippen LogP contribution in [0.15, 0.2) is 22.7 Å². The molecule has 0 saturated carbocycles. The van der Waals surface area contributed by atoms with E-state index in [-0.39, 0.29) is 12.3 Å². The predicted molar refractivity (Wildman–Crippen MR) is 55.4 cm³/mol. The van der Waals surface area contributed by atoms with Gasteiger partial charge in [0.1, 0.15) is 5.76 Å². The van der Waals surface area contributed by atoms with Crippen LogP contribution < -0.4 is 0 Å². The average Bonchev–Trinajstić information content (AvgIpc) is 2.84. The van der Waals surface area contributed by atoms with Gasteiger partial charge in [-0.15, -0.1) is 0 Å². The number of aromatic nitrogens is 2. The van der Waals surface area contributed by atoms with E-state index in [2.05, 4.69) is 5.10 Å². The number of carbonyl (C=O) groups is 1. The van der Waals surface area contributed by atoms with Crippen molar-refractivity contribution >= 4 is 17.9 Å². The molecule has 4 nitrogen and oxygen atoms in total. The molecule has 0 N–H and O–H groups in total. The molecule has 0 bridgehead atoms. The summed E-state index contributed by atoms with van der Waals surface area (Å²) in [6.45, 7) is -0.0381. The lowest BCUT2D eigenvalue weighted by molar-refractivity contribution is -0.141. The summed E-state index contributed by atoms with van der Waals surface area (Å²) in [5.41, 5.74) is -1.15. The normalized spacial score (nSPS) is 11.8. The smallest absolute Gasteiger partial charge is 0.436 e. The molecule has 0 amide bonds. The fraction of sp³-hybridized carbons (Fsp3) is 0.200. The summed E-state index contributed by atoms with van der Waals surface area (Å²) in [6.07, 6.45) is -3.05. The van der Waals surface area contributed by atoms with Gasteiger partial charge in [-0.3, -0.25) is 9.48 Å². The molecule has 0 aliphatic carbocycles. The van der Waals surface area contributed by atoms with Crippen molar-refractivity contribution in [2.45, 2.75) is 12.7 Å². The lowest BCUT2D eigenvalue weighted by Crippen LogP contribution is -2.08. The Morgan fingerprint density at radius 2 is 2.17 bits per heavy atom. The zero-order valence-electron chi connectivity index (χ0n) is 8.74. The molecule has 0 aromatic carbocycles. The summed E-state index contributed by atoms with van der Waals surface area (Å²) in [7, 11) is 0. The zero-order chi connectivity index (χ0) is 13.3. The highest BCUT2D eigenvalue weighted by molar-refractivity contribution is 6.31. The van der Waals surface area contributed by atoms with Gasteiger partial charge in [0.15, 0.2) is 17.7 Å². The van der Waals surface area contributed by atoms with E-state index < -0.39 is 16.9 Å². The minimum absolute atomic E-state index is 0.0381. The van der Waals surface area contributed by atoms with E-state index in [4.69, 9.17) is 16.0 Å². The Bertz CT molecular complexity index is 574. The average molecular weight is 279 g/mol. The quantitative estimate of drug-likeness (QED) is 0.811. The molecule has 0 unspecified atom stereocenters. The second kappa shape index (κ2) is 4.49. The fourth-order valence-corrected chi connectivity index (χ4v) is 1.63. The molecule has 2 rings (SSSR count). The Hall–Kier alpha value is -1.76. The Balaban J connectivity index is 2.22. The molecule has 2 aromatic rings. The van der Waals surface area contributed by atoms with Crippen LogP contribution >= 0.6 is 11.6 Å². The predicted octanol–water partition coefficient (Wildman–Crippen LogP) is 3.01. The van der Waals surface area contributed by atoms with Gasteiger partial charge in [-0.05, 0) is 12.1 Å². The van der Waals surface area contributed by atoms with E-state index in [9.17, 15) is 18.0 Å². The van der Waals surface area contributed by atoms with Crippen molar-refractivity contribution in [2.75, 3.05) is 0 Å². The lowest BCUT2D eigenvalue weighted by Gasteiger charge is -2.01. The van der Waals surface area contributed by atoms with Crippen molar-refractivity contribution in [3.8, 4) is 0 Å². The van der Waals surface area contributed by atoms with Crippen LogP contribution in [0.2, 0.25) is 5.02 Å². The standard InChI is InChI=1S/C10H6ClF3N2O2/c11-8-4-16(15-9(8)10(12,13)14)3-6-1-2-7(5-17)18-6/h1-2,4-5H,3H2. The molecule has 2 heterocycles. The Morgan fingerprint density at radius 1 is 1.44 bits per heavy atom. The molecule has 2 aromatic heterocycles. The second-order valence-electron chi connectivity index (χ2n) is 3.44. The zero-order valence-corrected chi connectivity index (χ0v) is 9.50. The molecule has 0 fully saturated rings. The second-order valence-corrected chi connectivity index (χ2v) is 3.85. The van der Waals surface area contributed by atoms with Crippen LogP contribution in [0.25, 0.3) is 0 Å². The topological polar surface area (TPSA) is 48.0 Å². The van der Waals surface area contributed by atoms with Crippen LogP contribution in [-0.2, 0) is 12.7 Å². The number of rotatable bonds is 3. The maximum atomic E-state index is 12.4. The van der Waals surface area contributed by atoms with Crippen LogP contribution in [-0.4, -0.2) is 16.1 Å². The van der Waals surface area contributed by atoms with Gasteiger partial charge in [0, 0.05) is 6.20 Å². The molecule has 8 heteroatoms. The van der Waals surface area contributed by atoms with Crippen molar-refractivity contribution in [2.24, 2.45) is 0 Å². The third-order valence-corrected chi connectivity index (χ3v) is 2.38. The lowest BCUT2D eigenvalue weighted by atomic mass is 10.4. The summed E-state index contributed by atoms with van der Waals surface area (Å²) < 4.78 is 43.3. The van der Waals surface area contributed by atoms with Crippen LogP contribution in [0, 0.1) is 0 Å². The summed E-state index contributed by atoms with van der Waals surface area (Å²) in [6, 6.07) is 2.89. The van der Waals surface area contributed by atoms with Crippen molar-refractivity contribution in [1.29, 1.82) is 0 Å². The van der Waals surface area contributed by atoms with E-state index in [0.29, 0.717) is 12.0 Å². The molecule has 18 heavy (non-hydrogen) atoms. The molecule has 0 spiro atoms. The van der Waals surface area contributed by atoms with Crippen LogP contribution in [0.4, 0.5) is 13.2 Å². The first-order valence-electron chi connectivity index (χ1n) is 4.74. The van der Waals surface area contributed by atoms with Crippen LogP contribution in [0.1, 0.15) is 22.0 Å². The summed E-state index contributed by atoms with van der Waals surface area (Å²) in [5.74, 6) is 0.407. The van der Waals surface area contributed by atoms with E-state index in [1.165, 1.54) is 12.1 Å². The number of halogens is 4. The van der Waals surface area contributed by atoms with Gasteiger partial charge in [-0.25, -0.2) is 0 Å². The molecule has 0 atom stereocenters. The Labute approximate surface area is 104 Å². The molecule has 0 aliphatic heterocycles. The summed E-state index contributed by atoms with van der Waals surface area (Å²) >= 11 is 5.44.